The molecule has 7 heteroatoms. The molecule has 0 bridgehead atoms. The lowest BCUT2D eigenvalue weighted by Crippen LogP contribution is -2.56. The van der Waals surface area contributed by atoms with Crippen molar-refractivity contribution in [2.24, 2.45) is 0 Å². The topological polar surface area (TPSA) is 82.6 Å². The first-order chi connectivity index (χ1) is 16.1. The molecule has 1 heterocycles. The number of methoxy groups -OCH3 is 2. The minimum absolute atomic E-state index is 0.648. The van der Waals surface area contributed by atoms with Crippen LogP contribution < -0.4 is 11.2 Å². The van der Waals surface area contributed by atoms with Crippen molar-refractivity contribution in [3.8, 4) is 0 Å². The Morgan fingerprint density at radius 1 is 0.667 bits per heavy atom. The molecule has 3 aromatic carbocycles. The fourth-order valence-corrected chi connectivity index (χ4v) is 3.97. The molecule has 0 aliphatic carbocycles. The molecule has 0 atom stereocenters. The first-order valence-corrected chi connectivity index (χ1v) is 10.4. The molecule has 0 unspecified atom stereocenters. The summed E-state index contributed by atoms with van der Waals surface area (Å²) in [5.74, 6) is 0. The molecular weight excluding hydrogens is 420 g/mol. The van der Waals surface area contributed by atoms with E-state index in [-0.39, 0.29) is 0 Å². The van der Waals surface area contributed by atoms with E-state index in [1.807, 2.05) is 91.0 Å². The zero-order valence-corrected chi connectivity index (χ0v) is 18.3. The number of nitrogens with zero attached hydrogens (tertiary/aromatic N) is 1. The lowest BCUT2D eigenvalue weighted by Gasteiger charge is -2.42. The smallest absolute Gasteiger partial charge is 0.314 e. The number of nitrogens with one attached hydrogen (secondary N) is 1. The summed E-state index contributed by atoms with van der Waals surface area (Å²) in [4.78, 5) is 28.1. The normalized spacial score (nSPS) is 11.9. The highest BCUT2D eigenvalue weighted by atomic mass is 16.9. The maximum Gasteiger partial charge on any atom is 0.388 e. The second-order valence-corrected chi connectivity index (χ2v) is 7.27. The van der Waals surface area contributed by atoms with E-state index in [0.717, 1.165) is 21.3 Å². The van der Waals surface area contributed by atoms with Gasteiger partial charge in [-0.2, -0.15) is 4.57 Å². The maximum atomic E-state index is 12.8. The van der Waals surface area contributed by atoms with Crippen molar-refractivity contribution >= 4 is 0 Å². The van der Waals surface area contributed by atoms with Crippen LogP contribution in [0.15, 0.2) is 113 Å². The highest BCUT2D eigenvalue weighted by Crippen LogP contribution is 2.44. The second kappa shape index (κ2) is 9.38. The third-order valence-electron chi connectivity index (χ3n) is 5.47. The largest absolute Gasteiger partial charge is 0.388 e. The van der Waals surface area contributed by atoms with Crippen molar-refractivity contribution in [2.45, 2.75) is 11.7 Å². The predicted molar refractivity (Wildman–Crippen MR) is 124 cm³/mol. The molecule has 0 saturated heterocycles. The van der Waals surface area contributed by atoms with Crippen LogP contribution in [0.3, 0.4) is 0 Å². The summed E-state index contributed by atoms with van der Waals surface area (Å²) in [6, 6.07) is 29.7. The van der Waals surface area contributed by atoms with E-state index >= 15 is 0 Å². The highest BCUT2D eigenvalue weighted by molar-refractivity contribution is 5.47. The molecule has 168 valence electrons. The standard InChI is InChI=1S/C26H24N2O5/c1-31-26(32-2,28-23(29)18-19-27-24(28)30)33-25(20-12-6-3-7-13-20,21-14-8-4-9-15-21)22-16-10-5-11-17-22/h3-19H,1-2H3,(H,27,30). The number of hydrogen-bond donors (Lipinski definition) is 1. The molecule has 4 rings (SSSR count). The van der Waals surface area contributed by atoms with Crippen LogP contribution in [-0.4, -0.2) is 23.8 Å². The molecule has 0 spiro atoms. The lowest BCUT2D eigenvalue weighted by atomic mass is 9.80. The average molecular weight is 444 g/mol. The van der Waals surface area contributed by atoms with Crippen LogP contribution in [0, 0.1) is 0 Å². The van der Waals surface area contributed by atoms with Gasteiger partial charge in [-0.1, -0.05) is 91.0 Å². The molecule has 7 nitrogen and oxygen atoms in total. The summed E-state index contributed by atoms with van der Waals surface area (Å²) in [6.07, 6.45) is -0.927. The van der Waals surface area contributed by atoms with E-state index in [1.54, 1.807) is 0 Å². The van der Waals surface area contributed by atoms with Gasteiger partial charge < -0.3 is 14.5 Å². The van der Waals surface area contributed by atoms with Crippen molar-refractivity contribution in [3.63, 3.8) is 0 Å². The molecule has 0 fully saturated rings. The van der Waals surface area contributed by atoms with Crippen molar-refractivity contribution in [1.82, 2.24) is 9.55 Å². The first-order valence-electron chi connectivity index (χ1n) is 10.4. The van der Waals surface area contributed by atoms with Crippen molar-refractivity contribution in [1.29, 1.82) is 0 Å². The van der Waals surface area contributed by atoms with Gasteiger partial charge in [-0.25, -0.2) is 4.79 Å². The Bertz CT molecular complexity index is 1170. The molecule has 0 aliphatic rings. The van der Waals surface area contributed by atoms with Crippen LogP contribution in [0.5, 0.6) is 0 Å². The summed E-state index contributed by atoms with van der Waals surface area (Å²) < 4.78 is 18.8. The van der Waals surface area contributed by atoms with Gasteiger partial charge >= 0.3 is 11.8 Å². The van der Waals surface area contributed by atoms with Gasteiger partial charge in [-0.15, -0.1) is 0 Å². The van der Waals surface area contributed by atoms with Crippen LogP contribution in [0.4, 0.5) is 0 Å². The molecule has 0 radical (unpaired) electrons. The number of ether oxygens (including phenoxy) is 3. The number of hydrogen-bond acceptors (Lipinski definition) is 5. The summed E-state index contributed by atoms with van der Waals surface area (Å²) in [7, 11) is 2.63. The van der Waals surface area contributed by atoms with Gasteiger partial charge in [0.05, 0.1) is 0 Å². The molecule has 0 saturated carbocycles. The second-order valence-electron chi connectivity index (χ2n) is 7.27. The number of H-pyrrole nitrogens is 1. The number of aromatic nitrogens is 2. The summed E-state index contributed by atoms with van der Waals surface area (Å²) in [5, 5.41) is 0. The van der Waals surface area contributed by atoms with Crippen molar-refractivity contribution < 1.29 is 14.2 Å². The zero-order chi connectivity index (χ0) is 23.3. The van der Waals surface area contributed by atoms with Crippen LogP contribution in [-0.2, 0) is 25.9 Å². The minimum atomic E-state index is -2.19. The fraction of sp³-hybridized carbons (Fsp3) is 0.154. The highest BCUT2D eigenvalue weighted by Gasteiger charge is 2.49. The molecule has 1 aromatic heterocycles. The summed E-state index contributed by atoms with van der Waals surface area (Å²) in [5.41, 5.74) is -0.444. The minimum Gasteiger partial charge on any atom is -0.314 e. The van der Waals surface area contributed by atoms with Crippen molar-refractivity contribution in [2.75, 3.05) is 14.2 Å². The van der Waals surface area contributed by atoms with Crippen LogP contribution >= 0.6 is 0 Å². The van der Waals surface area contributed by atoms with Gasteiger partial charge in [0.1, 0.15) is 0 Å². The zero-order valence-electron chi connectivity index (χ0n) is 18.3. The number of rotatable bonds is 8. The van der Waals surface area contributed by atoms with Crippen LogP contribution in [0.2, 0.25) is 0 Å². The van der Waals surface area contributed by atoms with Crippen LogP contribution in [0.1, 0.15) is 16.7 Å². The SMILES string of the molecule is COC(OC)(OC(c1ccccc1)(c1ccccc1)c1ccccc1)n1c(=O)cc[nH]c1=O. The third kappa shape index (κ3) is 3.93. The van der Waals surface area contributed by atoms with E-state index in [1.165, 1.54) is 26.5 Å². The summed E-state index contributed by atoms with van der Waals surface area (Å²) >= 11 is 0. The maximum absolute atomic E-state index is 12.8. The Morgan fingerprint density at radius 2 is 1.09 bits per heavy atom. The number of aromatic amines is 1. The van der Waals surface area contributed by atoms with E-state index in [0.29, 0.717) is 0 Å². The van der Waals surface area contributed by atoms with E-state index < -0.39 is 22.9 Å². The summed E-state index contributed by atoms with van der Waals surface area (Å²) in [6.45, 7) is 0. The molecule has 1 N–H and O–H groups in total. The monoisotopic (exact) mass is 444 g/mol. The van der Waals surface area contributed by atoms with Gasteiger partial charge in [0.25, 0.3) is 5.56 Å². The van der Waals surface area contributed by atoms with Gasteiger partial charge in [0.2, 0.25) is 0 Å². The van der Waals surface area contributed by atoms with E-state index in [2.05, 4.69) is 4.98 Å². The Balaban J connectivity index is 2.09. The lowest BCUT2D eigenvalue weighted by molar-refractivity contribution is -0.444. The Kier molecular flexibility index (Phi) is 6.37. The Labute approximate surface area is 190 Å². The van der Waals surface area contributed by atoms with E-state index in [9.17, 15) is 9.59 Å². The molecule has 33 heavy (non-hydrogen) atoms. The fourth-order valence-electron chi connectivity index (χ4n) is 3.97. The van der Waals surface area contributed by atoms with E-state index in [4.69, 9.17) is 14.2 Å². The Morgan fingerprint density at radius 3 is 1.45 bits per heavy atom. The van der Waals surface area contributed by atoms with Gasteiger partial charge in [-0.3, -0.25) is 9.53 Å². The molecule has 0 amide bonds. The predicted octanol–water partition coefficient (Wildman–Crippen LogP) is 3.41. The van der Waals surface area contributed by atoms with Crippen LogP contribution in [0.25, 0.3) is 0 Å². The van der Waals surface area contributed by atoms with Crippen molar-refractivity contribution in [3.05, 3.63) is 141 Å². The molecule has 0 aliphatic heterocycles. The average Bonchev–Trinajstić information content (AvgIpc) is 2.88. The third-order valence-corrected chi connectivity index (χ3v) is 5.47. The number of benzene rings is 3. The molecule has 4 aromatic rings. The molecular formula is C26H24N2O5. The Hall–Kier alpha value is -3.78. The van der Waals surface area contributed by atoms with Gasteiger partial charge in [0.15, 0.2) is 5.60 Å². The quantitative estimate of drug-likeness (QED) is 0.333. The first kappa shape index (κ1) is 22.4. The van der Waals surface area contributed by atoms with Gasteiger partial charge in [-0.05, 0) is 16.7 Å². The van der Waals surface area contributed by atoms with Gasteiger partial charge in [0, 0.05) is 26.5 Å².